The number of nitrogens with one attached hydrogen (secondary N) is 2. The molecule has 1 aliphatic heterocycles. The van der Waals surface area contributed by atoms with Gasteiger partial charge in [-0.2, -0.15) is 0 Å². The number of rotatable bonds is 5. The van der Waals surface area contributed by atoms with Crippen LogP contribution in [0.5, 0.6) is 0 Å². The molecule has 0 spiro atoms. The lowest BCUT2D eigenvalue weighted by molar-refractivity contribution is -0.147. The number of H-pyrrole nitrogens is 1. The Morgan fingerprint density at radius 1 is 1.15 bits per heavy atom. The number of ether oxygens (including phenoxy) is 2. The molecule has 4 rings (SSSR count). The molecule has 140 valence electrons. The minimum Gasteiger partial charge on any atom is -0.376 e. The molecule has 2 heterocycles. The van der Waals surface area contributed by atoms with Crippen LogP contribution in [0.1, 0.15) is 17.0 Å². The van der Waals surface area contributed by atoms with Crippen LogP contribution in [0.4, 0.5) is 0 Å². The fraction of sp³-hybridized carbons (Fsp3) is 0.286. The molecule has 5 nitrogen and oxygen atoms in total. The highest BCUT2D eigenvalue weighted by Crippen LogP contribution is 2.34. The molecule has 1 fully saturated rings. The molecule has 1 saturated heterocycles. The van der Waals surface area contributed by atoms with Crippen molar-refractivity contribution in [2.45, 2.75) is 12.0 Å². The van der Waals surface area contributed by atoms with Gasteiger partial charge in [0.25, 0.3) is 5.91 Å². The highest BCUT2D eigenvalue weighted by Gasteiger charge is 2.25. The van der Waals surface area contributed by atoms with Gasteiger partial charge in [-0.15, -0.1) is 0 Å². The van der Waals surface area contributed by atoms with Gasteiger partial charge < -0.3 is 19.8 Å². The van der Waals surface area contributed by atoms with Gasteiger partial charge in [0.2, 0.25) is 0 Å². The van der Waals surface area contributed by atoms with Crippen molar-refractivity contribution in [1.82, 2.24) is 10.3 Å². The van der Waals surface area contributed by atoms with Gasteiger partial charge in [0, 0.05) is 34.6 Å². The fourth-order valence-electron chi connectivity index (χ4n) is 3.48. The number of hydrogen-bond acceptors (Lipinski definition) is 3. The van der Waals surface area contributed by atoms with E-state index in [1.807, 2.05) is 48.7 Å². The first-order valence-electron chi connectivity index (χ1n) is 9.01. The predicted octanol–water partition coefficient (Wildman–Crippen LogP) is 3.48. The Labute approximate surface area is 162 Å². The number of carbonyl (C=O) groups excluding carboxylic acids is 1. The minimum absolute atomic E-state index is 0.0803. The van der Waals surface area contributed by atoms with E-state index in [0.29, 0.717) is 24.8 Å². The summed E-state index contributed by atoms with van der Waals surface area (Å²) < 4.78 is 10.8. The summed E-state index contributed by atoms with van der Waals surface area (Å²) in [4.78, 5) is 15.8. The van der Waals surface area contributed by atoms with Crippen LogP contribution >= 0.6 is 11.6 Å². The highest BCUT2D eigenvalue weighted by atomic mass is 35.5. The molecule has 2 N–H and O–H groups in total. The number of benzene rings is 2. The Morgan fingerprint density at radius 3 is 2.78 bits per heavy atom. The zero-order valence-corrected chi connectivity index (χ0v) is 15.5. The zero-order chi connectivity index (χ0) is 18.6. The van der Waals surface area contributed by atoms with E-state index < -0.39 is 6.10 Å². The number of aromatic nitrogens is 1. The maximum atomic E-state index is 12.5. The predicted molar refractivity (Wildman–Crippen MR) is 105 cm³/mol. The van der Waals surface area contributed by atoms with Gasteiger partial charge >= 0.3 is 0 Å². The maximum Gasteiger partial charge on any atom is 0.251 e. The number of fused-ring (bicyclic) bond motifs is 1. The summed E-state index contributed by atoms with van der Waals surface area (Å²) in [6.45, 7) is 1.68. The van der Waals surface area contributed by atoms with E-state index in [9.17, 15) is 4.79 Å². The number of hydrogen-bond donors (Lipinski definition) is 2. The molecule has 0 bridgehead atoms. The van der Waals surface area contributed by atoms with Gasteiger partial charge in [0.1, 0.15) is 0 Å². The molecular formula is C21H21ClN2O3. The summed E-state index contributed by atoms with van der Waals surface area (Å²) in [6, 6.07) is 15.9. The third kappa shape index (κ3) is 3.86. The molecule has 3 aromatic rings. The van der Waals surface area contributed by atoms with E-state index in [0.717, 1.165) is 22.0 Å². The first-order valence-corrected chi connectivity index (χ1v) is 9.39. The van der Waals surface area contributed by atoms with Crippen LogP contribution in [-0.2, 0) is 14.3 Å². The molecule has 2 aromatic carbocycles. The lowest BCUT2D eigenvalue weighted by Crippen LogP contribution is -2.44. The van der Waals surface area contributed by atoms with E-state index in [1.165, 1.54) is 0 Å². The standard InChI is InChI=1S/C21H21ClN2O3/c22-18-7-3-1-5-14(18)16(12-24-21(25)20-13-26-9-10-27-20)17-11-23-19-8-4-2-6-15(17)19/h1-8,11,16,20,23H,9-10,12-13H2,(H,24,25)/t16-,20-/m0/s1. The Kier molecular flexibility index (Phi) is 5.43. The second-order valence-corrected chi connectivity index (χ2v) is 6.95. The van der Waals surface area contributed by atoms with Crippen molar-refractivity contribution in [2.24, 2.45) is 0 Å². The fourth-order valence-corrected chi connectivity index (χ4v) is 3.75. The summed E-state index contributed by atoms with van der Waals surface area (Å²) in [7, 11) is 0. The van der Waals surface area contributed by atoms with Gasteiger partial charge in [-0.25, -0.2) is 0 Å². The van der Waals surface area contributed by atoms with Crippen LogP contribution in [0.3, 0.4) is 0 Å². The van der Waals surface area contributed by atoms with Crippen molar-refractivity contribution in [2.75, 3.05) is 26.4 Å². The van der Waals surface area contributed by atoms with Crippen LogP contribution in [0.25, 0.3) is 10.9 Å². The molecule has 0 saturated carbocycles. The Balaban J connectivity index is 1.62. The van der Waals surface area contributed by atoms with E-state index >= 15 is 0 Å². The maximum absolute atomic E-state index is 12.5. The second-order valence-electron chi connectivity index (χ2n) is 6.54. The van der Waals surface area contributed by atoms with Crippen LogP contribution in [0.2, 0.25) is 5.02 Å². The van der Waals surface area contributed by atoms with Crippen molar-refractivity contribution in [3.63, 3.8) is 0 Å². The van der Waals surface area contributed by atoms with Crippen LogP contribution in [-0.4, -0.2) is 43.4 Å². The molecule has 1 aliphatic rings. The quantitative estimate of drug-likeness (QED) is 0.707. The van der Waals surface area contributed by atoms with E-state index in [2.05, 4.69) is 16.4 Å². The molecule has 0 unspecified atom stereocenters. The molecule has 0 aliphatic carbocycles. The molecule has 27 heavy (non-hydrogen) atoms. The van der Waals surface area contributed by atoms with Gasteiger partial charge in [-0.05, 0) is 23.3 Å². The monoisotopic (exact) mass is 384 g/mol. The summed E-state index contributed by atoms with van der Waals surface area (Å²) in [5.74, 6) is -0.241. The van der Waals surface area contributed by atoms with Gasteiger partial charge in [0.05, 0.1) is 19.8 Å². The molecule has 0 radical (unpaired) electrons. The zero-order valence-electron chi connectivity index (χ0n) is 14.8. The number of carbonyl (C=O) groups is 1. The Bertz CT molecular complexity index is 934. The van der Waals surface area contributed by atoms with Crippen LogP contribution in [0.15, 0.2) is 54.7 Å². The summed E-state index contributed by atoms with van der Waals surface area (Å²) in [6.07, 6.45) is 1.43. The molecular weight excluding hydrogens is 364 g/mol. The number of halogens is 1. The first kappa shape index (κ1) is 18.0. The number of amides is 1. The van der Waals surface area contributed by atoms with Crippen molar-refractivity contribution >= 4 is 28.4 Å². The molecule has 6 heteroatoms. The topological polar surface area (TPSA) is 63.4 Å². The van der Waals surface area contributed by atoms with Crippen LogP contribution in [0, 0.1) is 0 Å². The number of aromatic amines is 1. The summed E-state index contributed by atoms with van der Waals surface area (Å²) >= 11 is 6.48. The first-order chi connectivity index (χ1) is 13.2. The third-order valence-electron chi connectivity index (χ3n) is 4.87. The largest absolute Gasteiger partial charge is 0.376 e. The molecule has 1 amide bonds. The highest BCUT2D eigenvalue weighted by molar-refractivity contribution is 6.31. The van der Waals surface area contributed by atoms with Crippen LogP contribution < -0.4 is 5.32 Å². The lowest BCUT2D eigenvalue weighted by atomic mass is 9.90. The second kappa shape index (κ2) is 8.13. The van der Waals surface area contributed by atoms with E-state index in [1.54, 1.807) is 0 Å². The van der Waals surface area contributed by atoms with Crippen molar-refractivity contribution in [3.8, 4) is 0 Å². The molecule has 2 atom stereocenters. The summed E-state index contributed by atoms with van der Waals surface area (Å²) in [5, 5.41) is 4.81. The Hall–Kier alpha value is -2.34. The van der Waals surface area contributed by atoms with Gasteiger partial charge in [0.15, 0.2) is 6.10 Å². The smallest absolute Gasteiger partial charge is 0.251 e. The average Bonchev–Trinajstić information content (AvgIpc) is 3.14. The van der Waals surface area contributed by atoms with Crippen molar-refractivity contribution < 1.29 is 14.3 Å². The third-order valence-corrected chi connectivity index (χ3v) is 5.21. The van der Waals surface area contributed by atoms with Crippen molar-refractivity contribution in [1.29, 1.82) is 0 Å². The SMILES string of the molecule is O=C(NC[C@@H](c1ccccc1Cl)c1c[nH]c2ccccc12)[C@@H]1COCCO1. The van der Waals surface area contributed by atoms with Gasteiger partial charge in [-0.1, -0.05) is 48.0 Å². The summed E-state index contributed by atoms with van der Waals surface area (Å²) in [5.41, 5.74) is 3.13. The normalized spacial score (nSPS) is 18.3. The Morgan fingerprint density at radius 2 is 1.96 bits per heavy atom. The molecule has 1 aromatic heterocycles. The van der Waals surface area contributed by atoms with Gasteiger partial charge in [-0.3, -0.25) is 4.79 Å². The lowest BCUT2D eigenvalue weighted by Gasteiger charge is -2.24. The van der Waals surface area contributed by atoms with E-state index in [4.69, 9.17) is 21.1 Å². The number of para-hydroxylation sites is 1. The van der Waals surface area contributed by atoms with E-state index in [-0.39, 0.29) is 18.4 Å². The van der Waals surface area contributed by atoms with Crippen molar-refractivity contribution in [3.05, 3.63) is 70.9 Å². The minimum atomic E-state index is -0.561. The average molecular weight is 385 g/mol.